The first kappa shape index (κ1) is 19.4. The van der Waals surface area contributed by atoms with Crippen molar-refractivity contribution in [3.05, 3.63) is 24.3 Å². The van der Waals surface area contributed by atoms with Crippen molar-refractivity contribution < 1.29 is 19.0 Å². The number of ether oxygens (including phenoxy) is 3. The van der Waals surface area contributed by atoms with Crippen molar-refractivity contribution in [1.29, 1.82) is 0 Å². The maximum Gasteiger partial charge on any atom is 0.410 e. The lowest BCUT2D eigenvalue weighted by molar-refractivity contribution is 0.0210. The van der Waals surface area contributed by atoms with E-state index < -0.39 is 5.60 Å². The Morgan fingerprint density at radius 1 is 1.24 bits per heavy atom. The van der Waals surface area contributed by atoms with Gasteiger partial charge in [0, 0.05) is 38.0 Å². The summed E-state index contributed by atoms with van der Waals surface area (Å²) >= 11 is 0. The summed E-state index contributed by atoms with van der Waals surface area (Å²) in [7, 11) is 1.66. The highest BCUT2D eigenvalue weighted by molar-refractivity contribution is 5.68. The summed E-state index contributed by atoms with van der Waals surface area (Å²) in [4.78, 5) is 13.9. The Kier molecular flexibility index (Phi) is 6.93. The predicted molar refractivity (Wildman–Crippen MR) is 98.3 cm³/mol. The summed E-state index contributed by atoms with van der Waals surface area (Å²) in [5.74, 6) is 0.827. The molecule has 2 rings (SSSR count). The average molecular weight is 350 g/mol. The van der Waals surface area contributed by atoms with Crippen molar-refractivity contribution in [2.45, 2.75) is 45.3 Å². The van der Waals surface area contributed by atoms with Crippen molar-refractivity contribution in [1.82, 2.24) is 4.90 Å². The first-order chi connectivity index (χ1) is 11.9. The lowest BCUT2D eigenvalue weighted by Crippen LogP contribution is -2.44. The zero-order valence-electron chi connectivity index (χ0n) is 15.7. The Labute approximate surface area is 150 Å². The number of nitrogens with one attached hydrogen (secondary N) is 1. The largest absolute Gasteiger partial charge is 0.491 e. The topological polar surface area (TPSA) is 60.0 Å². The standard InChI is InChI=1S/C19H30N2O4/c1-19(2,3)25-18(22)21-10-8-15(9-11-21)20-16-6-5-7-17(14-16)24-13-12-23-4/h5-7,14-15,20H,8-13H2,1-4H3. The second-order valence-electron chi connectivity index (χ2n) is 7.26. The van der Waals surface area contributed by atoms with Crippen molar-refractivity contribution in [3.63, 3.8) is 0 Å². The fraction of sp³-hybridized carbons (Fsp3) is 0.632. The van der Waals surface area contributed by atoms with Crippen LogP contribution in [0, 0.1) is 0 Å². The lowest BCUT2D eigenvalue weighted by Gasteiger charge is -2.34. The molecule has 1 aromatic rings. The monoisotopic (exact) mass is 350 g/mol. The predicted octanol–water partition coefficient (Wildman–Crippen LogP) is 3.52. The molecule has 1 amide bonds. The van der Waals surface area contributed by atoms with E-state index in [1.807, 2.05) is 45.0 Å². The number of carbonyl (C=O) groups excluding carboxylic acids is 1. The van der Waals surface area contributed by atoms with Crippen LogP contribution in [0.1, 0.15) is 33.6 Å². The third-order valence-corrected chi connectivity index (χ3v) is 3.91. The van der Waals surface area contributed by atoms with Crippen molar-refractivity contribution in [2.75, 3.05) is 38.7 Å². The summed E-state index contributed by atoms with van der Waals surface area (Å²) in [6.07, 6.45) is 1.57. The van der Waals surface area contributed by atoms with E-state index in [1.165, 1.54) is 0 Å². The molecule has 0 unspecified atom stereocenters. The Bertz CT molecular complexity index is 549. The third-order valence-electron chi connectivity index (χ3n) is 3.91. The second kappa shape index (κ2) is 8.94. The number of methoxy groups -OCH3 is 1. The number of hydrogen-bond donors (Lipinski definition) is 1. The van der Waals surface area contributed by atoms with E-state index in [2.05, 4.69) is 5.32 Å². The van der Waals surface area contributed by atoms with Crippen LogP contribution in [0.5, 0.6) is 5.75 Å². The second-order valence-corrected chi connectivity index (χ2v) is 7.26. The van der Waals surface area contributed by atoms with Gasteiger partial charge >= 0.3 is 6.09 Å². The maximum absolute atomic E-state index is 12.1. The number of anilines is 1. The van der Waals surface area contributed by atoms with Gasteiger partial charge in [0.05, 0.1) is 6.61 Å². The summed E-state index contributed by atoms with van der Waals surface area (Å²) in [5, 5.41) is 3.53. The summed E-state index contributed by atoms with van der Waals surface area (Å²) in [6.45, 7) is 8.19. The van der Waals surface area contributed by atoms with Crippen molar-refractivity contribution >= 4 is 11.8 Å². The molecule has 1 aliphatic rings. The number of amides is 1. The van der Waals surface area contributed by atoms with Gasteiger partial charge in [0.15, 0.2) is 0 Å². The van der Waals surface area contributed by atoms with Crippen LogP contribution in [0.2, 0.25) is 0 Å². The molecule has 1 heterocycles. The third kappa shape index (κ3) is 6.82. The van der Waals surface area contributed by atoms with E-state index in [0.717, 1.165) is 24.3 Å². The number of benzene rings is 1. The van der Waals surface area contributed by atoms with Gasteiger partial charge in [0.1, 0.15) is 18.0 Å². The van der Waals surface area contributed by atoms with Crippen LogP contribution in [0.25, 0.3) is 0 Å². The van der Waals surface area contributed by atoms with Gasteiger partial charge in [-0.05, 0) is 45.7 Å². The molecule has 1 aliphatic heterocycles. The van der Waals surface area contributed by atoms with Gasteiger partial charge in [0.2, 0.25) is 0 Å². The van der Waals surface area contributed by atoms with E-state index in [9.17, 15) is 4.79 Å². The average Bonchev–Trinajstić information content (AvgIpc) is 2.54. The lowest BCUT2D eigenvalue weighted by atomic mass is 10.0. The van der Waals surface area contributed by atoms with Crippen LogP contribution < -0.4 is 10.1 Å². The minimum absolute atomic E-state index is 0.223. The quantitative estimate of drug-likeness (QED) is 0.796. The maximum atomic E-state index is 12.1. The Hall–Kier alpha value is -1.95. The van der Waals surface area contributed by atoms with Gasteiger partial charge in [-0.25, -0.2) is 4.79 Å². The highest BCUT2D eigenvalue weighted by atomic mass is 16.6. The number of carbonyl (C=O) groups is 1. The molecule has 1 fully saturated rings. The van der Waals surface area contributed by atoms with Gasteiger partial charge in [-0.1, -0.05) is 6.07 Å². The molecule has 0 bridgehead atoms. The number of likely N-dealkylation sites (tertiary alicyclic amines) is 1. The number of piperidine rings is 1. The van der Waals surface area contributed by atoms with E-state index in [0.29, 0.717) is 32.3 Å². The molecule has 6 nitrogen and oxygen atoms in total. The van der Waals surface area contributed by atoms with E-state index in [-0.39, 0.29) is 6.09 Å². The first-order valence-electron chi connectivity index (χ1n) is 8.83. The van der Waals surface area contributed by atoms with Crippen LogP contribution >= 0.6 is 0 Å². The highest BCUT2D eigenvalue weighted by Crippen LogP contribution is 2.22. The molecule has 0 aromatic heterocycles. The Balaban J connectivity index is 1.80. The van der Waals surface area contributed by atoms with Gasteiger partial charge in [-0.3, -0.25) is 0 Å². The molecule has 0 saturated carbocycles. The molecule has 1 saturated heterocycles. The minimum Gasteiger partial charge on any atom is -0.491 e. The fourth-order valence-electron chi connectivity index (χ4n) is 2.69. The molecule has 25 heavy (non-hydrogen) atoms. The molecular weight excluding hydrogens is 320 g/mol. The molecule has 0 spiro atoms. The zero-order chi connectivity index (χ0) is 18.3. The smallest absolute Gasteiger partial charge is 0.410 e. The minimum atomic E-state index is -0.449. The molecule has 0 atom stereocenters. The van der Waals surface area contributed by atoms with Gasteiger partial charge in [0.25, 0.3) is 0 Å². The Morgan fingerprint density at radius 3 is 2.60 bits per heavy atom. The molecule has 1 aromatic carbocycles. The summed E-state index contributed by atoms with van der Waals surface area (Å²) in [6, 6.07) is 8.28. The van der Waals surface area contributed by atoms with E-state index in [4.69, 9.17) is 14.2 Å². The number of nitrogens with zero attached hydrogens (tertiary/aromatic N) is 1. The van der Waals surface area contributed by atoms with E-state index >= 15 is 0 Å². The van der Waals surface area contributed by atoms with Gasteiger partial charge in [-0.2, -0.15) is 0 Å². The number of rotatable bonds is 6. The molecule has 1 N–H and O–H groups in total. The van der Waals surface area contributed by atoms with Crippen LogP contribution in [0.3, 0.4) is 0 Å². The summed E-state index contributed by atoms with van der Waals surface area (Å²) in [5.41, 5.74) is 0.584. The SMILES string of the molecule is COCCOc1cccc(NC2CCN(C(=O)OC(C)(C)C)CC2)c1. The molecule has 0 radical (unpaired) electrons. The molecule has 140 valence electrons. The molecule has 6 heteroatoms. The van der Waals surface area contributed by atoms with Crippen LogP contribution in [-0.2, 0) is 9.47 Å². The van der Waals surface area contributed by atoms with E-state index in [1.54, 1.807) is 12.0 Å². The van der Waals surface area contributed by atoms with Crippen LogP contribution in [0.4, 0.5) is 10.5 Å². The normalized spacial score (nSPS) is 15.8. The van der Waals surface area contributed by atoms with Gasteiger partial charge in [-0.15, -0.1) is 0 Å². The number of hydrogen-bond acceptors (Lipinski definition) is 5. The molecule has 0 aliphatic carbocycles. The Morgan fingerprint density at radius 2 is 1.96 bits per heavy atom. The zero-order valence-corrected chi connectivity index (χ0v) is 15.7. The first-order valence-corrected chi connectivity index (χ1v) is 8.83. The summed E-state index contributed by atoms with van der Waals surface area (Å²) < 4.78 is 16.1. The van der Waals surface area contributed by atoms with Crippen LogP contribution in [-0.4, -0.2) is 56.0 Å². The molecular formula is C19H30N2O4. The fourth-order valence-corrected chi connectivity index (χ4v) is 2.69. The van der Waals surface area contributed by atoms with Gasteiger partial charge < -0.3 is 24.4 Å². The highest BCUT2D eigenvalue weighted by Gasteiger charge is 2.26. The van der Waals surface area contributed by atoms with Crippen molar-refractivity contribution in [3.8, 4) is 5.75 Å². The van der Waals surface area contributed by atoms with Crippen molar-refractivity contribution in [2.24, 2.45) is 0 Å². The van der Waals surface area contributed by atoms with Crippen LogP contribution in [0.15, 0.2) is 24.3 Å².